The van der Waals surface area contributed by atoms with Crippen LogP contribution in [0, 0.1) is 17.5 Å². The largest absolute Gasteiger partial charge is 0.456 e. The summed E-state index contributed by atoms with van der Waals surface area (Å²) in [6, 6.07) is 1.19. The maximum Gasteiger partial charge on any atom is 0.408 e. The lowest BCUT2D eigenvalue weighted by atomic mass is 10.2. The maximum atomic E-state index is 13.8. The zero-order chi connectivity index (χ0) is 16.7. The second-order valence-electron chi connectivity index (χ2n) is 5.57. The number of halogens is 4. The van der Waals surface area contributed by atoms with E-state index in [1.54, 1.807) is 20.8 Å². The number of benzene rings is 1. The smallest absolute Gasteiger partial charge is 0.408 e. The highest BCUT2D eigenvalue weighted by atomic mass is 79.9. The first kappa shape index (κ1) is 16.7. The molecule has 1 heterocycles. The fraction of sp³-hybridized carbons (Fsp3) is 0.357. The zero-order valence-corrected chi connectivity index (χ0v) is 13.6. The number of carbonyl (C=O) groups excluding carboxylic acids is 1. The molecule has 0 fully saturated rings. The van der Waals surface area contributed by atoms with Crippen LogP contribution >= 0.6 is 15.9 Å². The van der Waals surface area contributed by atoms with Gasteiger partial charge in [0.15, 0.2) is 17.2 Å². The van der Waals surface area contributed by atoms with Gasteiger partial charge in [0, 0.05) is 0 Å². The molecule has 0 bridgehead atoms. The van der Waals surface area contributed by atoms with Crippen molar-refractivity contribution >= 4 is 33.0 Å². The Morgan fingerprint density at radius 3 is 2.50 bits per heavy atom. The van der Waals surface area contributed by atoms with Crippen molar-refractivity contribution in [2.24, 2.45) is 0 Å². The number of furan rings is 1. The molecule has 4 nitrogen and oxygen atoms in total. The molecule has 0 radical (unpaired) electrons. The molecule has 0 aliphatic rings. The molecule has 120 valence electrons. The molecule has 1 aromatic carbocycles. The number of hydrogen-bond donors (Lipinski definition) is 1. The van der Waals surface area contributed by atoms with Crippen LogP contribution in [0.1, 0.15) is 26.5 Å². The van der Waals surface area contributed by atoms with Gasteiger partial charge < -0.3 is 14.5 Å². The predicted octanol–water partition coefficient (Wildman–Crippen LogP) is 4.64. The molecule has 2 aromatic rings. The van der Waals surface area contributed by atoms with Crippen LogP contribution in [0.4, 0.5) is 18.0 Å². The predicted molar refractivity (Wildman–Crippen MR) is 76.9 cm³/mol. The summed E-state index contributed by atoms with van der Waals surface area (Å²) in [5.41, 5.74) is -1.22. The molecule has 0 saturated carbocycles. The zero-order valence-electron chi connectivity index (χ0n) is 12.0. The molecule has 0 aliphatic heterocycles. The van der Waals surface area contributed by atoms with Crippen LogP contribution in [0.25, 0.3) is 11.0 Å². The van der Waals surface area contributed by atoms with Crippen LogP contribution in [0.2, 0.25) is 0 Å². The standard InChI is InChI=1S/C14H13BrF3NO3/c1-14(2,3)22-13(20)19-5-6-4-7-9(16)8(15)10(17)11(18)12(7)21-6/h4H,5H2,1-3H3,(H,19,20). The number of carbonyl (C=O) groups is 1. The summed E-state index contributed by atoms with van der Waals surface area (Å²) in [4.78, 5) is 11.5. The Labute approximate surface area is 132 Å². The minimum atomic E-state index is -1.37. The number of rotatable bonds is 2. The third-order valence-electron chi connectivity index (χ3n) is 2.60. The molecule has 0 aliphatic carbocycles. The van der Waals surface area contributed by atoms with Crippen molar-refractivity contribution in [2.45, 2.75) is 32.9 Å². The van der Waals surface area contributed by atoms with Gasteiger partial charge in [0.2, 0.25) is 5.82 Å². The summed E-state index contributed by atoms with van der Waals surface area (Å²) in [7, 11) is 0. The van der Waals surface area contributed by atoms with E-state index in [1.165, 1.54) is 6.07 Å². The first-order valence-electron chi connectivity index (χ1n) is 6.31. The van der Waals surface area contributed by atoms with Crippen LogP contribution < -0.4 is 5.32 Å². The van der Waals surface area contributed by atoms with Crippen LogP contribution in [0.3, 0.4) is 0 Å². The Morgan fingerprint density at radius 1 is 1.27 bits per heavy atom. The summed E-state index contributed by atoms with van der Waals surface area (Å²) in [6.45, 7) is 4.93. The van der Waals surface area contributed by atoms with Crippen molar-refractivity contribution < 1.29 is 27.1 Å². The van der Waals surface area contributed by atoms with E-state index in [2.05, 4.69) is 21.2 Å². The summed E-state index contributed by atoms with van der Waals surface area (Å²) in [5.74, 6) is -3.57. The van der Waals surface area contributed by atoms with E-state index in [1.807, 2.05) is 0 Å². The molecule has 0 spiro atoms. The molecule has 0 atom stereocenters. The fourth-order valence-corrected chi connectivity index (χ4v) is 2.13. The molecule has 0 unspecified atom stereocenters. The number of amides is 1. The topological polar surface area (TPSA) is 51.5 Å². The van der Waals surface area contributed by atoms with E-state index in [4.69, 9.17) is 9.15 Å². The van der Waals surface area contributed by atoms with Crippen LogP contribution in [0.5, 0.6) is 0 Å². The van der Waals surface area contributed by atoms with Gasteiger partial charge in [-0.15, -0.1) is 0 Å². The average Bonchev–Trinajstić information content (AvgIpc) is 2.83. The van der Waals surface area contributed by atoms with Crippen LogP contribution in [-0.4, -0.2) is 11.7 Å². The molecule has 22 heavy (non-hydrogen) atoms. The van der Waals surface area contributed by atoms with E-state index in [-0.39, 0.29) is 17.7 Å². The normalized spacial score (nSPS) is 11.8. The van der Waals surface area contributed by atoms with Gasteiger partial charge in [0.1, 0.15) is 11.4 Å². The van der Waals surface area contributed by atoms with Gasteiger partial charge in [-0.25, -0.2) is 13.6 Å². The van der Waals surface area contributed by atoms with Crippen LogP contribution in [0.15, 0.2) is 15.0 Å². The number of fused-ring (bicyclic) bond motifs is 1. The summed E-state index contributed by atoms with van der Waals surface area (Å²) in [5, 5.41) is 2.16. The second kappa shape index (κ2) is 5.83. The molecule has 0 saturated heterocycles. The fourth-order valence-electron chi connectivity index (χ4n) is 1.74. The van der Waals surface area contributed by atoms with Crippen molar-refractivity contribution in [1.29, 1.82) is 0 Å². The summed E-state index contributed by atoms with van der Waals surface area (Å²) >= 11 is 2.63. The molecular formula is C14H13BrF3NO3. The molecule has 1 N–H and O–H groups in total. The Balaban J connectivity index is 2.22. The third-order valence-corrected chi connectivity index (χ3v) is 3.30. The summed E-state index contributed by atoms with van der Waals surface area (Å²) in [6.07, 6.45) is -0.707. The van der Waals surface area contributed by atoms with Gasteiger partial charge in [-0.2, -0.15) is 4.39 Å². The van der Waals surface area contributed by atoms with E-state index in [9.17, 15) is 18.0 Å². The Morgan fingerprint density at radius 2 is 1.91 bits per heavy atom. The minimum absolute atomic E-state index is 0.0659. The van der Waals surface area contributed by atoms with Gasteiger partial charge >= 0.3 is 6.09 Å². The lowest BCUT2D eigenvalue weighted by Crippen LogP contribution is -2.32. The monoisotopic (exact) mass is 379 g/mol. The SMILES string of the molecule is CC(C)(C)OC(=O)NCc1cc2c(F)c(Br)c(F)c(F)c2o1. The Kier molecular flexibility index (Phi) is 4.42. The van der Waals surface area contributed by atoms with Crippen molar-refractivity contribution in [2.75, 3.05) is 0 Å². The highest BCUT2D eigenvalue weighted by Gasteiger charge is 2.23. The van der Waals surface area contributed by atoms with Crippen molar-refractivity contribution in [1.82, 2.24) is 5.32 Å². The molecule has 1 aromatic heterocycles. The molecule has 8 heteroatoms. The van der Waals surface area contributed by atoms with E-state index in [0.717, 1.165) is 0 Å². The van der Waals surface area contributed by atoms with Crippen LogP contribution in [-0.2, 0) is 11.3 Å². The third kappa shape index (κ3) is 3.37. The van der Waals surface area contributed by atoms with Crippen molar-refractivity contribution in [3.05, 3.63) is 33.8 Å². The van der Waals surface area contributed by atoms with Crippen molar-refractivity contribution in [3.8, 4) is 0 Å². The summed E-state index contributed by atoms with van der Waals surface area (Å²) < 4.78 is 50.4. The van der Waals surface area contributed by atoms with Gasteiger partial charge in [0.05, 0.1) is 16.4 Å². The van der Waals surface area contributed by atoms with Gasteiger partial charge in [-0.1, -0.05) is 0 Å². The first-order chi connectivity index (χ1) is 10.1. The molecular weight excluding hydrogens is 367 g/mol. The van der Waals surface area contributed by atoms with E-state index in [0.29, 0.717) is 0 Å². The molecule has 2 rings (SSSR count). The lowest BCUT2D eigenvalue weighted by Gasteiger charge is -2.19. The number of ether oxygens (including phenoxy) is 1. The van der Waals surface area contributed by atoms with Gasteiger partial charge in [-0.3, -0.25) is 0 Å². The lowest BCUT2D eigenvalue weighted by molar-refractivity contribution is 0.0520. The minimum Gasteiger partial charge on any atom is -0.456 e. The highest BCUT2D eigenvalue weighted by molar-refractivity contribution is 9.10. The first-order valence-corrected chi connectivity index (χ1v) is 7.10. The molecule has 1 amide bonds. The number of alkyl carbamates (subject to hydrolysis) is 1. The average molecular weight is 380 g/mol. The van der Waals surface area contributed by atoms with Gasteiger partial charge in [0.25, 0.3) is 0 Å². The van der Waals surface area contributed by atoms with Gasteiger partial charge in [-0.05, 0) is 42.8 Å². The van der Waals surface area contributed by atoms with E-state index >= 15 is 0 Å². The number of hydrogen-bond acceptors (Lipinski definition) is 3. The Hall–Kier alpha value is -1.70. The maximum absolute atomic E-state index is 13.8. The highest BCUT2D eigenvalue weighted by Crippen LogP contribution is 2.33. The Bertz CT molecular complexity index is 692. The quantitative estimate of drug-likeness (QED) is 0.610. The van der Waals surface area contributed by atoms with Crippen molar-refractivity contribution in [3.63, 3.8) is 0 Å². The van der Waals surface area contributed by atoms with E-state index < -0.39 is 39.2 Å². The second-order valence-corrected chi connectivity index (χ2v) is 6.36. The number of nitrogens with one attached hydrogen (secondary N) is 1.